The van der Waals surface area contributed by atoms with E-state index in [1.54, 1.807) is 0 Å². The van der Waals surface area contributed by atoms with Gasteiger partial charge in [-0.1, -0.05) is 30.3 Å². The van der Waals surface area contributed by atoms with Gasteiger partial charge in [0, 0.05) is 32.3 Å². The van der Waals surface area contributed by atoms with Gasteiger partial charge in [0.25, 0.3) is 0 Å². The highest BCUT2D eigenvalue weighted by Crippen LogP contribution is 2.33. The molecular weight excluding hydrogens is 302 g/mol. The Kier molecular flexibility index (Phi) is 5.48. The molecule has 3 fully saturated rings. The molecule has 0 unspecified atom stereocenters. The third kappa shape index (κ3) is 3.83. The first-order chi connectivity index (χ1) is 11.9. The summed E-state index contributed by atoms with van der Waals surface area (Å²) >= 11 is 0. The molecule has 0 amide bonds. The van der Waals surface area contributed by atoms with Crippen LogP contribution in [0.25, 0.3) is 0 Å². The number of benzene rings is 1. The van der Waals surface area contributed by atoms with E-state index in [9.17, 15) is 0 Å². The molecular formula is C20H29NO3. The first-order valence-electron chi connectivity index (χ1n) is 9.49. The molecule has 0 N–H and O–H groups in total. The Hall–Kier alpha value is -0.940. The van der Waals surface area contributed by atoms with Crippen LogP contribution in [0.4, 0.5) is 0 Å². The quantitative estimate of drug-likeness (QED) is 0.830. The Bertz CT molecular complexity index is 503. The van der Waals surface area contributed by atoms with Gasteiger partial charge in [-0.05, 0) is 37.2 Å². The van der Waals surface area contributed by atoms with Crippen LogP contribution in [0.2, 0.25) is 0 Å². The van der Waals surface area contributed by atoms with Gasteiger partial charge in [-0.2, -0.15) is 0 Å². The van der Waals surface area contributed by atoms with Crippen LogP contribution >= 0.6 is 0 Å². The van der Waals surface area contributed by atoms with Crippen molar-refractivity contribution in [2.75, 3.05) is 33.0 Å². The van der Waals surface area contributed by atoms with Crippen LogP contribution in [-0.2, 0) is 20.8 Å². The second kappa shape index (κ2) is 7.96. The van der Waals surface area contributed by atoms with Crippen LogP contribution < -0.4 is 0 Å². The molecule has 2 heterocycles. The molecule has 3 aliphatic rings. The van der Waals surface area contributed by atoms with Gasteiger partial charge in [-0.15, -0.1) is 0 Å². The molecule has 4 nitrogen and oxygen atoms in total. The number of nitrogens with zero attached hydrogens (tertiary/aromatic N) is 1. The summed E-state index contributed by atoms with van der Waals surface area (Å²) in [4.78, 5) is 2.60. The third-order valence-corrected chi connectivity index (χ3v) is 5.77. The van der Waals surface area contributed by atoms with Gasteiger partial charge in [-0.25, -0.2) is 0 Å². The standard InChI is InChI=1S/C20H29NO3/c1-2-4-16(5-3-1)14-21-10-13-23-20-18(21)6-7-19(20)24-15-17-8-11-22-12-9-17/h1-5,17-20H,6-15H2/t18-,19+,20+/m0/s1. The summed E-state index contributed by atoms with van der Waals surface area (Å²) < 4.78 is 17.9. The Morgan fingerprint density at radius 3 is 2.67 bits per heavy atom. The second-order valence-electron chi connectivity index (χ2n) is 7.36. The molecule has 0 aromatic heterocycles. The fourth-order valence-corrected chi connectivity index (χ4v) is 4.36. The summed E-state index contributed by atoms with van der Waals surface area (Å²) in [5.41, 5.74) is 1.39. The number of hydrogen-bond acceptors (Lipinski definition) is 4. The Morgan fingerprint density at radius 2 is 1.83 bits per heavy atom. The van der Waals surface area contributed by atoms with Crippen molar-refractivity contribution in [2.24, 2.45) is 5.92 Å². The fraction of sp³-hybridized carbons (Fsp3) is 0.700. The monoisotopic (exact) mass is 331 g/mol. The number of ether oxygens (including phenoxy) is 3. The van der Waals surface area contributed by atoms with E-state index in [1.807, 2.05) is 0 Å². The minimum atomic E-state index is 0.252. The fourth-order valence-electron chi connectivity index (χ4n) is 4.36. The molecule has 3 atom stereocenters. The Labute approximate surface area is 145 Å². The molecule has 1 saturated carbocycles. The first-order valence-corrected chi connectivity index (χ1v) is 9.49. The lowest BCUT2D eigenvalue weighted by molar-refractivity contribution is -0.122. The lowest BCUT2D eigenvalue weighted by atomic mass is 10.0. The largest absolute Gasteiger partial charge is 0.381 e. The van der Waals surface area contributed by atoms with Gasteiger partial charge in [0.15, 0.2) is 0 Å². The molecule has 1 aromatic rings. The molecule has 1 aliphatic carbocycles. The van der Waals surface area contributed by atoms with Crippen molar-refractivity contribution in [3.05, 3.63) is 35.9 Å². The summed E-state index contributed by atoms with van der Waals surface area (Å²) in [6, 6.07) is 11.3. The molecule has 2 aliphatic heterocycles. The van der Waals surface area contributed by atoms with Crippen molar-refractivity contribution in [3.8, 4) is 0 Å². The summed E-state index contributed by atoms with van der Waals surface area (Å²) in [6.45, 7) is 5.55. The van der Waals surface area contributed by atoms with E-state index in [0.717, 1.165) is 58.8 Å². The molecule has 4 rings (SSSR count). The van der Waals surface area contributed by atoms with Crippen molar-refractivity contribution in [1.82, 2.24) is 4.90 Å². The summed E-state index contributed by atoms with van der Waals surface area (Å²) in [5, 5.41) is 0. The molecule has 4 heteroatoms. The number of rotatable bonds is 5. The highest BCUT2D eigenvalue weighted by Gasteiger charge is 2.43. The van der Waals surface area contributed by atoms with Gasteiger partial charge in [0.2, 0.25) is 0 Å². The molecule has 0 bridgehead atoms. The van der Waals surface area contributed by atoms with Crippen LogP contribution in [-0.4, -0.2) is 56.1 Å². The molecule has 1 aromatic carbocycles. The molecule has 24 heavy (non-hydrogen) atoms. The topological polar surface area (TPSA) is 30.9 Å². The Balaban J connectivity index is 1.32. The van der Waals surface area contributed by atoms with Crippen LogP contribution in [0.3, 0.4) is 0 Å². The zero-order chi connectivity index (χ0) is 16.2. The van der Waals surface area contributed by atoms with Gasteiger partial charge >= 0.3 is 0 Å². The summed E-state index contributed by atoms with van der Waals surface area (Å²) in [6.07, 6.45) is 5.13. The smallest absolute Gasteiger partial charge is 0.0992 e. The maximum Gasteiger partial charge on any atom is 0.0992 e. The van der Waals surface area contributed by atoms with E-state index >= 15 is 0 Å². The van der Waals surface area contributed by atoms with E-state index in [2.05, 4.69) is 35.2 Å². The van der Waals surface area contributed by atoms with E-state index < -0.39 is 0 Å². The second-order valence-corrected chi connectivity index (χ2v) is 7.36. The predicted molar refractivity (Wildman–Crippen MR) is 92.9 cm³/mol. The zero-order valence-corrected chi connectivity index (χ0v) is 14.4. The van der Waals surface area contributed by atoms with Crippen molar-refractivity contribution >= 4 is 0 Å². The summed E-state index contributed by atoms with van der Waals surface area (Å²) in [7, 11) is 0. The van der Waals surface area contributed by atoms with Crippen LogP contribution in [0.15, 0.2) is 30.3 Å². The molecule has 0 spiro atoms. The highest BCUT2D eigenvalue weighted by molar-refractivity contribution is 5.15. The van der Waals surface area contributed by atoms with E-state index in [-0.39, 0.29) is 12.2 Å². The third-order valence-electron chi connectivity index (χ3n) is 5.77. The predicted octanol–water partition coefficient (Wildman–Crippen LogP) is 2.86. The van der Waals surface area contributed by atoms with E-state index in [4.69, 9.17) is 14.2 Å². The normalized spacial score (nSPS) is 31.9. The lowest BCUT2D eigenvalue weighted by Gasteiger charge is -2.39. The van der Waals surface area contributed by atoms with Crippen LogP contribution in [0.1, 0.15) is 31.2 Å². The van der Waals surface area contributed by atoms with E-state index in [1.165, 1.54) is 12.0 Å². The van der Waals surface area contributed by atoms with Gasteiger partial charge in [0.05, 0.1) is 25.4 Å². The SMILES string of the molecule is c1ccc(CN2CCO[C@H]3[C@H](OCC4CCOCC4)CC[C@@H]32)cc1. The average Bonchev–Trinajstić information content (AvgIpc) is 3.06. The van der Waals surface area contributed by atoms with Crippen LogP contribution in [0.5, 0.6) is 0 Å². The number of hydrogen-bond donors (Lipinski definition) is 0. The highest BCUT2D eigenvalue weighted by atomic mass is 16.5. The van der Waals surface area contributed by atoms with Crippen molar-refractivity contribution in [2.45, 2.75) is 50.5 Å². The lowest BCUT2D eigenvalue weighted by Crippen LogP contribution is -2.51. The minimum absolute atomic E-state index is 0.252. The molecule has 0 radical (unpaired) electrons. The maximum absolute atomic E-state index is 6.30. The van der Waals surface area contributed by atoms with Crippen LogP contribution in [0, 0.1) is 5.92 Å². The average molecular weight is 331 g/mol. The van der Waals surface area contributed by atoms with Crippen molar-refractivity contribution in [3.63, 3.8) is 0 Å². The Morgan fingerprint density at radius 1 is 1.00 bits per heavy atom. The van der Waals surface area contributed by atoms with Crippen molar-refractivity contribution in [1.29, 1.82) is 0 Å². The molecule has 2 saturated heterocycles. The van der Waals surface area contributed by atoms with Crippen molar-refractivity contribution < 1.29 is 14.2 Å². The maximum atomic E-state index is 6.30. The number of fused-ring (bicyclic) bond motifs is 1. The van der Waals surface area contributed by atoms with Gasteiger partial charge < -0.3 is 14.2 Å². The minimum Gasteiger partial charge on any atom is -0.381 e. The van der Waals surface area contributed by atoms with Gasteiger partial charge in [0.1, 0.15) is 0 Å². The molecule has 132 valence electrons. The first kappa shape index (κ1) is 16.5. The zero-order valence-electron chi connectivity index (χ0n) is 14.4. The number of morpholine rings is 1. The summed E-state index contributed by atoms with van der Waals surface area (Å²) in [5.74, 6) is 0.668. The van der Waals surface area contributed by atoms with Gasteiger partial charge in [-0.3, -0.25) is 4.90 Å². The van der Waals surface area contributed by atoms with E-state index in [0.29, 0.717) is 12.0 Å².